The summed E-state index contributed by atoms with van der Waals surface area (Å²) in [6, 6.07) is 34.1. The largest absolute Gasteiger partial charge is 0.335 e. The van der Waals surface area contributed by atoms with Crippen molar-refractivity contribution in [1.82, 2.24) is 0 Å². The molecule has 0 amide bonds. The Balaban J connectivity index is 1.60. The normalized spacial score (nSPS) is 17.4. The van der Waals surface area contributed by atoms with Gasteiger partial charge < -0.3 is 9.80 Å². The molecule has 4 aromatic carbocycles. The molecule has 0 spiro atoms. The van der Waals surface area contributed by atoms with Crippen LogP contribution in [-0.4, -0.2) is 12.8 Å². The van der Waals surface area contributed by atoms with Crippen LogP contribution in [0, 0.1) is 0 Å². The van der Waals surface area contributed by atoms with Crippen LogP contribution >= 0.6 is 0 Å². The van der Waals surface area contributed by atoms with Crippen LogP contribution < -0.4 is 26.2 Å². The average Bonchev–Trinajstić information content (AvgIpc) is 2.93. The Hall–Kier alpha value is -3.98. The van der Waals surface area contributed by atoms with Gasteiger partial charge in [0.1, 0.15) is 0 Å². The van der Waals surface area contributed by atoms with Gasteiger partial charge >= 0.3 is 0 Å². The molecule has 2 aliphatic heterocycles. The second-order valence-corrected chi connectivity index (χ2v) is 11.4. The van der Waals surface area contributed by atoms with Crippen LogP contribution in [0.25, 0.3) is 0 Å². The van der Waals surface area contributed by atoms with Gasteiger partial charge in [-0.15, -0.1) is 0 Å². The van der Waals surface area contributed by atoms with Gasteiger partial charge in [-0.1, -0.05) is 99.7 Å². The lowest BCUT2D eigenvalue weighted by molar-refractivity contribution is 0.590. The maximum atomic E-state index is 2.61. The highest BCUT2D eigenvalue weighted by molar-refractivity contribution is 7.00. The lowest BCUT2D eigenvalue weighted by Gasteiger charge is -2.46. The molecular formula is C34H31BN2. The first kappa shape index (κ1) is 22.2. The van der Waals surface area contributed by atoms with Gasteiger partial charge in [0.2, 0.25) is 0 Å². The summed E-state index contributed by atoms with van der Waals surface area (Å²) in [5.74, 6) is 0. The summed E-state index contributed by atoms with van der Waals surface area (Å²) in [6.45, 7) is 7.18. The first-order chi connectivity index (χ1) is 18.0. The van der Waals surface area contributed by atoms with Crippen molar-refractivity contribution in [1.29, 1.82) is 0 Å². The van der Waals surface area contributed by atoms with E-state index < -0.39 is 0 Å². The molecule has 3 aliphatic rings. The zero-order valence-corrected chi connectivity index (χ0v) is 21.7. The van der Waals surface area contributed by atoms with E-state index in [2.05, 4.69) is 146 Å². The second-order valence-electron chi connectivity index (χ2n) is 11.4. The number of rotatable bonds is 2. The molecule has 2 nitrogen and oxygen atoms in total. The van der Waals surface area contributed by atoms with E-state index in [0.29, 0.717) is 0 Å². The number of allylic oxidation sites excluding steroid dienone is 2. The Kier molecular flexibility index (Phi) is 4.98. The number of hydrogen-bond acceptors (Lipinski definition) is 2. The van der Waals surface area contributed by atoms with Gasteiger partial charge in [0.05, 0.1) is 6.04 Å². The summed E-state index contributed by atoms with van der Waals surface area (Å²) in [5, 5.41) is 0. The minimum atomic E-state index is 0.0191. The molecule has 3 heteroatoms. The summed E-state index contributed by atoms with van der Waals surface area (Å²) in [7, 11) is 0. The van der Waals surface area contributed by atoms with E-state index >= 15 is 0 Å². The molecule has 180 valence electrons. The monoisotopic (exact) mass is 478 g/mol. The molecule has 0 N–H and O–H groups in total. The highest BCUT2D eigenvalue weighted by Gasteiger charge is 2.44. The van der Waals surface area contributed by atoms with Crippen LogP contribution in [0.1, 0.15) is 32.8 Å². The summed E-state index contributed by atoms with van der Waals surface area (Å²) in [6.07, 6.45) is 10.0. The third-order valence-corrected chi connectivity index (χ3v) is 8.09. The third-order valence-electron chi connectivity index (χ3n) is 8.09. The van der Waals surface area contributed by atoms with Gasteiger partial charge in [0.25, 0.3) is 6.71 Å². The molecular weight excluding hydrogens is 447 g/mol. The van der Waals surface area contributed by atoms with Gasteiger partial charge in [-0.2, -0.15) is 0 Å². The molecule has 0 saturated heterocycles. The van der Waals surface area contributed by atoms with E-state index in [-0.39, 0.29) is 18.2 Å². The van der Waals surface area contributed by atoms with E-state index in [1.54, 1.807) is 0 Å². The van der Waals surface area contributed by atoms with Crippen LogP contribution in [0.5, 0.6) is 0 Å². The van der Waals surface area contributed by atoms with Crippen molar-refractivity contribution in [3.05, 3.63) is 121 Å². The quantitative estimate of drug-likeness (QED) is 0.263. The molecule has 0 aromatic heterocycles. The molecule has 0 bridgehead atoms. The van der Waals surface area contributed by atoms with Gasteiger partial charge in [-0.25, -0.2) is 0 Å². The van der Waals surface area contributed by atoms with Crippen molar-refractivity contribution >= 4 is 51.5 Å². The van der Waals surface area contributed by atoms with Crippen molar-refractivity contribution in [2.75, 3.05) is 9.80 Å². The van der Waals surface area contributed by atoms with E-state index in [1.807, 2.05) is 0 Å². The lowest BCUT2D eigenvalue weighted by Crippen LogP contribution is -2.62. The predicted molar refractivity (Wildman–Crippen MR) is 160 cm³/mol. The predicted octanol–water partition coefficient (Wildman–Crippen LogP) is 6.62. The van der Waals surface area contributed by atoms with Crippen LogP contribution in [0.4, 0.5) is 28.4 Å². The molecule has 7 rings (SSSR count). The molecule has 2 heterocycles. The Morgan fingerprint density at radius 3 is 2.05 bits per heavy atom. The van der Waals surface area contributed by atoms with Crippen molar-refractivity contribution in [3.63, 3.8) is 0 Å². The topological polar surface area (TPSA) is 6.48 Å². The Bertz CT molecular complexity index is 1560. The molecule has 37 heavy (non-hydrogen) atoms. The summed E-state index contributed by atoms with van der Waals surface area (Å²) >= 11 is 0. The van der Waals surface area contributed by atoms with Crippen LogP contribution in [0.3, 0.4) is 0 Å². The number of benzene rings is 4. The highest BCUT2D eigenvalue weighted by Crippen LogP contribution is 2.44. The number of nitrogens with zero attached hydrogens (tertiary/aromatic N) is 2. The molecule has 4 aromatic rings. The molecule has 1 unspecified atom stereocenters. The first-order valence-corrected chi connectivity index (χ1v) is 13.4. The number of anilines is 5. The smallest absolute Gasteiger partial charge is 0.252 e. The Morgan fingerprint density at radius 1 is 0.703 bits per heavy atom. The number of hydrogen-bond donors (Lipinski definition) is 0. The molecule has 0 saturated carbocycles. The van der Waals surface area contributed by atoms with Crippen molar-refractivity contribution in [2.24, 2.45) is 0 Å². The SMILES string of the molecule is CC(C)(C)c1cc2c3c(c1)N(C1C=CC=CC1)c1ccccc1B3c1ccccc1N2c1ccccc1. The van der Waals surface area contributed by atoms with Gasteiger partial charge in [-0.3, -0.25) is 0 Å². The highest BCUT2D eigenvalue weighted by atomic mass is 15.2. The van der Waals surface area contributed by atoms with Crippen molar-refractivity contribution in [3.8, 4) is 0 Å². The maximum absolute atomic E-state index is 2.61. The fourth-order valence-corrected chi connectivity index (χ4v) is 6.33. The summed E-state index contributed by atoms with van der Waals surface area (Å²) in [4.78, 5) is 5.10. The molecule has 0 radical (unpaired) electrons. The number of para-hydroxylation sites is 3. The fraction of sp³-hybridized carbons (Fsp3) is 0.176. The second kappa shape index (κ2) is 8.28. The fourth-order valence-electron chi connectivity index (χ4n) is 6.33. The minimum Gasteiger partial charge on any atom is -0.335 e. The third kappa shape index (κ3) is 3.41. The lowest BCUT2D eigenvalue weighted by atomic mass is 9.33. The van der Waals surface area contributed by atoms with E-state index in [4.69, 9.17) is 0 Å². The maximum Gasteiger partial charge on any atom is 0.252 e. The average molecular weight is 478 g/mol. The van der Waals surface area contributed by atoms with Crippen molar-refractivity contribution < 1.29 is 0 Å². The van der Waals surface area contributed by atoms with Crippen LogP contribution in [0.15, 0.2) is 115 Å². The van der Waals surface area contributed by atoms with E-state index in [9.17, 15) is 0 Å². The van der Waals surface area contributed by atoms with Crippen LogP contribution in [0.2, 0.25) is 0 Å². The molecule has 0 fully saturated rings. The number of fused-ring (bicyclic) bond motifs is 4. The molecule has 1 atom stereocenters. The van der Waals surface area contributed by atoms with E-state index in [1.165, 1.54) is 50.4 Å². The Morgan fingerprint density at radius 2 is 1.35 bits per heavy atom. The first-order valence-electron chi connectivity index (χ1n) is 13.4. The van der Waals surface area contributed by atoms with Crippen LogP contribution in [-0.2, 0) is 5.41 Å². The van der Waals surface area contributed by atoms with Gasteiger partial charge in [-0.05, 0) is 70.2 Å². The summed E-state index contributed by atoms with van der Waals surface area (Å²) < 4.78 is 0. The van der Waals surface area contributed by atoms with Gasteiger partial charge in [0.15, 0.2) is 0 Å². The summed E-state index contributed by atoms with van der Waals surface area (Å²) in [5.41, 5.74) is 12.0. The Labute approximate surface area is 220 Å². The van der Waals surface area contributed by atoms with Gasteiger partial charge in [0, 0.05) is 28.4 Å². The zero-order chi connectivity index (χ0) is 25.1. The molecule has 1 aliphatic carbocycles. The van der Waals surface area contributed by atoms with E-state index in [0.717, 1.165) is 6.42 Å². The zero-order valence-electron chi connectivity index (χ0n) is 21.7. The van der Waals surface area contributed by atoms with Crippen molar-refractivity contribution in [2.45, 2.75) is 38.6 Å². The minimum absolute atomic E-state index is 0.0191. The standard InChI is InChI=1S/C34H31BN2/c1-34(2,3)24-22-31-33-32(23-24)37(26-16-8-5-9-17-26)30-21-13-11-19-28(30)35(33)27-18-10-12-20-29(27)36(31)25-14-6-4-7-15-25/h4-16,18-23,26H,17H2,1-3H3.